The van der Waals surface area contributed by atoms with Gasteiger partial charge in [-0.1, -0.05) is 29.8 Å². The van der Waals surface area contributed by atoms with Gasteiger partial charge in [0, 0.05) is 22.1 Å². The number of amides is 1. The van der Waals surface area contributed by atoms with Crippen molar-refractivity contribution in [2.75, 3.05) is 6.54 Å². The summed E-state index contributed by atoms with van der Waals surface area (Å²) < 4.78 is 27.9. The summed E-state index contributed by atoms with van der Waals surface area (Å²) in [7, 11) is -3.97. The van der Waals surface area contributed by atoms with E-state index in [9.17, 15) is 13.2 Å². The lowest BCUT2D eigenvalue weighted by Gasteiger charge is -2.18. The SMILES string of the molecule is N#CCNC(=O)C(Cc1c[nH]c2ccccc12)NS(=O)(=O)c1ccc(Cl)cc1. The van der Waals surface area contributed by atoms with E-state index in [0.29, 0.717) is 5.02 Å². The summed E-state index contributed by atoms with van der Waals surface area (Å²) in [5.74, 6) is -0.579. The van der Waals surface area contributed by atoms with E-state index in [0.717, 1.165) is 16.5 Å². The average molecular weight is 417 g/mol. The number of hydrogen-bond acceptors (Lipinski definition) is 4. The van der Waals surface area contributed by atoms with Gasteiger partial charge in [0.25, 0.3) is 0 Å². The normalized spacial score (nSPS) is 12.4. The van der Waals surface area contributed by atoms with E-state index in [1.807, 2.05) is 30.3 Å². The van der Waals surface area contributed by atoms with Crippen molar-refractivity contribution >= 4 is 38.4 Å². The Labute approximate surface area is 167 Å². The summed E-state index contributed by atoms with van der Waals surface area (Å²) in [4.78, 5) is 15.6. The summed E-state index contributed by atoms with van der Waals surface area (Å²) in [5, 5.41) is 12.4. The maximum Gasteiger partial charge on any atom is 0.241 e. The molecule has 0 saturated carbocycles. The lowest BCUT2D eigenvalue weighted by atomic mass is 10.1. The highest BCUT2D eigenvalue weighted by Gasteiger charge is 2.26. The van der Waals surface area contributed by atoms with Crippen LogP contribution in [0.3, 0.4) is 0 Å². The van der Waals surface area contributed by atoms with Gasteiger partial charge in [0.2, 0.25) is 15.9 Å². The summed E-state index contributed by atoms with van der Waals surface area (Å²) in [6.07, 6.45) is 1.86. The highest BCUT2D eigenvalue weighted by atomic mass is 35.5. The van der Waals surface area contributed by atoms with Crippen LogP contribution in [-0.2, 0) is 21.2 Å². The molecule has 1 aromatic heterocycles. The zero-order valence-corrected chi connectivity index (χ0v) is 16.2. The van der Waals surface area contributed by atoms with Crippen molar-refractivity contribution < 1.29 is 13.2 Å². The standard InChI is InChI=1S/C19H17ClN4O3S/c20-14-5-7-15(8-6-14)28(26,27)24-18(19(25)22-10-9-21)11-13-12-23-17-4-2-1-3-16(13)17/h1-8,12,18,23-24H,10-11H2,(H,22,25). The molecule has 0 saturated heterocycles. The average Bonchev–Trinajstić information content (AvgIpc) is 3.09. The highest BCUT2D eigenvalue weighted by Crippen LogP contribution is 2.20. The van der Waals surface area contributed by atoms with Crippen LogP contribution in [0, 0.1) is 11.3 Å². The number of nitrogens with zero attached hydrogens (tertiary/aromatic N) is 1. The number of fused-ring (bicyclic) bond motifs is 1. The highest BCUT2D eigenvalue weighted by molar-refractivity contribution is 7.89. The Morgan fingerprint density at radius 3 is 2.61 bits per heavy atom. The van der Waals surface area contributed by atoms with Crippen molar-refractivity contribution in [1.82, 2.24) is 15.0 Å². The Hall–Kier alpha value is -2.86. The number of nitriles is 1. The molecule has 2 aromatic carbocycles. The third-order valence-electron chi connectivity index (χ3n) is 4.18. The number of sulfonamides is 1. The smallest absolute Gasteiger partial charge is 0.241 e. The molecule has 9 heteroatoms. The molecule has 1 atom stereocenters. The van der Waals surface area contributed by atoms with E-state index >= 15 is 0 Å². The zero-order chi connectivity index (χ0) is 20.1. The van der Waals surface area contributed by atoms with Crippen LogP contribution < -0.4 is 10.0 Å². The largest absolute Gasteiger partial charge is 0.361 e. The predicted octanol–water partition coefficient (Wildman–Crippen LogP) is 2.35. The predicted molar refractivity (Wildman–Crippen MR) is 106 cm³/mol. The van der Waals surface area contributed by atoms with Gasteiger partial charge in [-0.15, -0.1) is 0 Å². The van der Waals surface area contributed by atoms with Crippen molar-refractivity contribution in [2.45, 2.75) is 17.4 Å². The van der Waals surface area contributed by atoms with Crippen molar-refractivity contribution in [3.63, 3.8) is 0 Å². The van der Waals surface area contributed by atoms with Crippen molar-refractivity contribution in [3.05, 3.63) is 65.3 Å². The van der Waals surface area contributed by atoms with E-state index in [4.69, 9.17) is 16.9 Å². The van der Waals surface area contributed by atoms with Crippen LogP contribution in [0.5, 0.6) is 0 Å². The topological polar surface area (TPSA) is 115 Å². The van der Waals surface area contributed by atoms with Gasteiger partial charge < -0.3 is 10.3 Å². The number of benzene rings is 2. The first kappa shape index (κ1) is 19.9. The van der Waals surface area contributed by atoms with Crippen LogP contribution >= 0.6 is 11.6 Å². The molecule has 0 aliphatic heterocycles. The molecule has 1 heterocycles. The van der Waals surface area contributed by atoms with E-state index in [1.54, 1.807) is 6.20 Å². The second kappa shape index (κ2) is 8.44. The Morgan fingerprint density at radius 2 is 1.89 bits per heavy atom. The fourth-order valence-electron chi connectivity index (χ4n) is 2.83. The maximum absolute atomic E-state index is 12.7. The molecule has 0 aliphatic carbocycles. The lowest BCUT2D eigenvalue weighted by molar-refractivity contribution is -0.122. The first-order chi connectivity index (χ1) is 13.4. The van der Waals surface area contributed by atoms with Crippen molar-refractivity contribution in [2.24, 2.45) is 0 Å². The number of H-pyrrole nitrogens is 1. The summed E-state index contributed by atoms with van der Waals surface area (Å²) in [6, 6.07) is 13.9. The molecule has 3 rings (SSSR count). The third kappa shape index (κ3) is 4.51. The quantitative estimate of drug-likeness (QED) is 0.513. The Kier molecular flexibility index (Phi) is 5.99. The fourth-order valence-corrected chi connectivity index (χ4v) is 4.15. The van der Waals surface area contributed by atoms with Gasteiger partial charge >= 0.3 is 0 Å². The molecule has 7 nitrogen and oxygen atoms in total. The van der Waals surface area contributed by atoms with Gasteiger partial charge in [0.1, 0.15) is 12.6 Å². The van der Waals surface area contributed by atoms with Crippen molar-refractivity contribution in [1.29, 1.82) is 5.26 Å². The van der Waals surface area contributed by atoms with Crippen molar-refractivity contribution in [3.8, 4) is 6.07 Å². The summed E-state index contributed by atoms with van der Waals surface area (Å²) >= 11 is 5.81. The van der Waals surface area contributed by atoms with Crippen LogP contribution in [0.4, 0.5) is 0 Å². The van der Waals surface area contributed by atoms with Gasteiger partial charge in [-0.2, -0.15) is 9.98 Å². The maximum atomic E-state index is 12.7. The van der Waals surface area contributed by atoms with Gasteiger partial charge in [-0.3, -0.25) is 4.79 Å². The molecule has 0 fully saturated rings. The Balaban J connectivity index is 1.89. The van der Waals surface area contributed by atoms with E-state index in [-0.39, 0.29) is 17.9 Å². The molecule has 0 radical (unpaired) electrons. The molecule has 3 aromatic rings. The summed E-state index contributed by atoms with van der Waals surface area (Å²) in [6.45, 7) is -0.216. The fraction of sp³-hybridized carbons (Fsp3) is 0.158. The summed E-state index contributed by atoms with van der Waals surface area (Å²) in [5.41, 5.74) is 1.67. The zero-order valence-electron chi connectivity index (χ0n) is 14.6. The number of carbonyl (C=O) groups excluding carboxylic acids is 1. The number of aromatic amines is 1. The van der Waals surface area contributed by atoms with Crippen LogP contribution in [0.1, 0.15) is 5.56 Å². The minimum atomic E-state index is -3.97. The second-order valence-electron chi connectivity index (χ2n) is 6.07. The van der Waals surface area contributed by atoms with Crippen LogP contribution in [0.15, 0.2) is 59.6 Å². The van der Waals surface area contributed by atoms with E-state index in [2.05, 4.69) is 15.0 Å². The van der Waals surface area contributed by atoms with Gasteiger partial charge in [0.05, 0.1) is 11.0 Å². The number of carbonyl (C=O) groups is 1. The Bertz CT molecular complexity index is 1130. The number of para-hydroxylation sites is 1. The Morgan fingerprint density at radius 1 is 1.18 bits per heavy atom. The number of hydrogen-bond donors (Lipinski definition) is 3. The molecular weight excluding hydrogens is 400 g/mol. The minimum absolute atomic E-state index is 0.00564. The second-order valence-corrected chi connectivity index (χ2v) is 8.22. The first-order valence-electron chi connectivity index (χ1n) is 8.38. The number of aromatic nitrogens is 1. The molecule has 0 bridgehead atoms. The molecule has 0 spiro atoms. The molecule has 0 aliphatic rings. The van der Waals surface area contributed by atoms with Crippen LogP contribution in [0.2, 0.25) is 5.02 Å². The first-order valence-corrected chi connectivity index (χ1v) is 10.2. The van der Waals surface area contributed by atoms with Gasteiger partial charge in [-0.05, 0) is 42.3 Å². The molecule has 1 amide bonds. The molecule has 1 unspecified atom stereocenters. The third-order valence-corrected chi connectivity index (χ3v) is 5.92. The number of rotatable bonds is 7. The van der Waals surface area contributed by atoms with Crippen LogP contribution in [-0.4, -0.2) is 31.9 Å². The minimum Gasteiger partial charge on any atom is -0.361 e. The number of halogens is 1. The van der Waals surface area contributed by atoms with Gasteiger partial charge in [-0.25, -0.2) is 8.42 Å². The van der Waals surface area contributed by atoms with Crippen LogP contribution in [0.25, 0.3) is 10.9 Å². The van der Waals surface area contributed by atoms with E-state index < -0.39 is 22.0 Å². The monoisotopic (exact) mass is 416 g/mol. The molecular formula is C19H17ClN4O3S. The molecule has 28 heavy (non-hydrogen) atoms. The lowest BCUT2D eigenvalue weighted by Crippen LogP contribution is -2.48. The molecule has 144 valence electrons. The molecule has 3 N–H and O–H groups in total. The number of nitrogens with one attached hydrogen (secondary N) is 3. The van der Waals surface area contributed by atoms with E-state index in [1.165, 1.54) is 24.3 Å². The van der Waals surface area contributed by atoms with Gasteiger partial charge in [0.15, 0.2) is 0 Å².